The van der Waals surface area contributed by atoms with Gasteiger partial charge < -0.3 is 19.8 Å². The molecule has 270 valence electrons. The van der Waals surface area contributed by atoms with Gasteiger partial charge in [-0.05, 0) is 12.8 Å². The number of phosphoric ester groups is 1. The van der Waals surface area contributed by atoms with E-state index in [1.807, 2.05) is 21.1 Å². The van der Waals surface area contributed by atoms with Gasteiger partial charge in [0.05, 0.1) is 39.9 Å². The van der Waals surface area contributed by atoms with Crippen molar-refractivity contribution in [3.05, 3.63) is 0 Å². The normalized spacial score (nSPS) is 14.7. The van der Waals surface area contributed by atoms with E-state index in [4.69, 9.17) is 9.05 Å². The van der Waals surface area contributed by atoms with Crippen LogP contribution in [0.3, 0.4) is 0 Å². The van der Waals surface area contributed by atoms with Gasteiger partial charge in [-0.1, -0.05) is 155 Å². The number of nitrogens with one attached hydrogen (secondary N) is 1. The van der Waals surface area contributed by atoms with Gasteiger partial charge >= 0.3 is 7.82 Å². The predicted molar refractivity (Wildman–Crippen MR) is 189 cm³/mol. The average Bonchev–Trinajstić information content (AvgIpc) is 2.97. The van der Waals surface area contributed by atoms with Gasteiger partial charge in [0.25, 0.3) is 0 Å². The first-order valence-corrected chi connectivity index (χ1v) is 20.4. The Morgan fingerprint density at radius 2 is 1.07 bits per heavy atom. The molecule has 0 aromatic heterocycles. The molecule has 9 heteroatoms. The van der Waals surface area contributed by atoms with Gasteiger partial charge in [0.1, 0.15) is 13.2 Å². The molecule has 0 spiro atoms. The summed E-state index contributed by atoms with van der Waals surface area (Å²) in [5.41, 5.74) is 0. The topological polar surface area (TPSA) is 105 Å². The number of phosphoric acid groups is 1. The molecule has 45 heavy (non-hydrogen) atoms. The first-order chi connectivity index (χ1) is 21.5. The average molecular weight is 664 g/mol. The van der Waals surface area contributed by atoms with Crippen molar-refractivity contribution >= 4 is 13.7 Å². The van der Waals surface area contributed by atoms with Crippen molar-refractivity contribution < 1.29 is 32.9 Å². The van der Waals surface area contributed by atoms with E-state index in [-0.39, 0.29) is 19.1 Å². The van der Waals surface area contributed by atoms with Crippen molar-refractivity contribution in [3.8, 4) is 0 Å². The number of rotatable bonds is 34. The molecule has 0 heterocycles. The molecule has 0 saturated heterocycles. The van der Waals surface area contributed by atoms with Gasteiger partial charge in [-0.15, -0.1) is 0 Å². The number of aliphatic hydroxyl groups is 1. The number of amides is 1. The highest BCUT2D eigenvalue weighted by Crippen LogP contribution is 2.43. The van der Waals surface area contributed by atoms with Crippen LogP contribution in [-0.2, 0) is 18.4 Å². The van der Waals surface area contributed by atoms with Crippen LogP contribution < -0.4 is 5.32 Å². The Hall–Kier alpha value is -0.500. The van der Waals surface area contributed by atoms with Gasteiger partial charge in [-0.2, -0.15) is 0 Å². The second-order valence-electron chi connectivity index (χ2n) is 14.3. The summed E-state index contributed by atoms with van der Waals surface area (Å²) in [5, 5.41) is 13.8. The number of unbranched alkanes of at least 4 members (excludes halogenated alkanes) is 21. The summed E-state index contributed by atoms with van der Waals surface area (Å²) in [7, 11) is 1.62. The molecule has 0 rings (SSSR count). The summed E-state index contributed by atoms with van der Waals surface area (Å²) in [6.45, 7) is 4.84. The third kappa shape index (κ3) is 31.8. The van der Waals surface area contributed by atoms with E-state index in [0.29, 0.717) is 23.9 Å². The molecule has 3 N–H and O–H groups in total. The van der Waals surface area contributed by atoms with Crippen LogP contribution in [0.2, 0.25) is 0 Å². The molecule has 0 bridgehead atoms. The lowest BCUT2D eigenvalue weighted by Crippen LogP contribution is -2.46. The zero-order chi connectivity index (χ0) is 33.7. The number of nitrogens with zero attached hydrogens (tertiary/aromatic N) is 1. The van der Waals surface area contributed by atoms with Crippen LogP contribution in [0.25, 0.3) is 0 Å². The van der Waals surface area contributed by atoms with Crippen molar-refractivity contribution in [2.45, 2.75) is 187 Å². The molecule has 8 nitrogen and oxygen atoms in total. The van der Waals surface area contributed by atoms with E-state index in [9.17, 15) is 19.4 Å². The fraction of sp³-hybridized carbons (Fsp3) is 0.972. The molecule has 0 aromatic rings. The van der Waals surface area contributed by atoms with Crippen LogP contribution in [0.1, 0.15) is 174 Å². The maximum Gasteiger partial charge on any atom is 0.472 e. The predicted octanol–water partition coefficient (Wildman–Crippen LogP) is 9.46. The Kier molecular flexibility index (Phi) is 29.3. The minimum atomic E-state index is -4.29. The smallest absolute Gasteiger partial charge is 0.391 e. The molecule has 0 aliphatic rings. The highest BCUT2D eigenvalue weighted by Gasteiger charge is 2.28. The Labute approximate surface area is 279 Å². The van der Waals surface area contributed by atoms with Crippen LogP contribution >= 0.6 is 7.82 Å². The van der Waals surface area contributed by atoms with Gasteiger partial charge in [0.15, 0.2) is 0 Å². The van der Waals surface area contributed by atoms with E-state index in [1.165, 1.54) is 109 Å². The Bertz CT molecular complexity index is 718. The van der Waals surface area contributed by atoms with E-state index >= 15 is 0 Å². The highest BCUT2D eigenvalue weighted by molar-refractivity contribution is 7.47. The first kappa shape index (κ1) is 44.5. The van der Waals surface area contributed by atoms with E-state index in [2.05, 4.69) is 19.2 Å². The molecule has 0 aliphatic heterocycles. The maximum atomic E-state index is 12.7. The number of carbonyl (C=O) groups is 1. The third-order valence-corrected chi connectivity index (χ3v) is 9.59. The van der Waals surface area contributed by atoms with E-state index < -0.39 is 20.0 Å². The SMILES string of the molecule is CCCCCCCCCCCCCCCCCCC(=O)NC(COP(=O)(O)OCC[N+](C)(C)C)C(O)CCCCCCCCC. The second-order valence-corrected chi connectivity index (χ2v) is 15.8. The number of quaternary nitrogens is 1. The number of carbonyl (C=O) groups excluding carboxylic acids is 1. The van der Waals surface area contributed by atoms with Crippen molar-refractivity contribution in [1.29, 1.82) is 0 Å². The Morgan fingerprint density at radius 3 is 1.49 bits per heavy atom. The zero-order valence-electron chi connectivity index (χ0n) is 30.4. The summed E-state index contributed by atoms with van der Waals surface area (Å²) in [6.07, 6.45) is 28.5. The Balaban J connectivity index is 4.30. The molecule has 0 aromatic carbocycles. The molecule has 1 amide bonds. The van der Waals surface area contributed by atoms with Gasteiger partial charge in [0, 0.05) is 6.42 Å². The zero-order valence-corrected chi connectivity index (χ0v) is 31.3. The van der Waals surface area contributed by atoms with Crippen molar-refractivity contribution in [2.24, 2.45) is 0 Å². The fourth-order valence-corrected chi connectivity index (χ4v) is 6.25. The summed E-state index contributed by atoms with van der Waals surface area (Å²) in [4.78, 5) is 22.9. The quantitative estimate of drug-likeness (QED) is 0.0360. The highest BCUT2D eigenvalue weighted by atomic mass is 31.2. The first-order valence-electron chi connectivity index (χ1n) is 18.9. The molecular weight excluding hydrogens is 587 g/mol. The fourth-order valence-electron chi connectivity index (χ4n) is 5.52. The number of aliphatic hydroxyl groups excluding tert-OH is 1. The van der Waals surface area contributed by atoms with Crippen LogP contribution in [0.4, 0.5) is 0 Å². The monoisotopic (exact) mass is 664 g/mol. The molecular formula is C36H76N2O6P+. The summed E-state index contributed by atoms with van der Waals surface area (Å²) < 4.78 is 23.4. The van der Waals surface area contributed by atoms with Gasteiger partial charge in [-0.3, -0.25) is 13.8 Å². The molecule has 0 fully saturated rings. The van der Waals surface area contributed by atoms with Gasteiger partial charge in [-0.25, -0.2) is 4.57 Å². The van der Waals surface area contributed by atoms with E-state index in [0.717, 1.165) is 38.5 Å². The van der Waals surface area contributed by atoms with Crippen molar-refractivity contribution in [3.63, 3.8) is 0 Å². The number of likely N-dealkylation sites (N-methyl/N-ethyl adjacent to an activating group) is 1. The second kappa shape index (κ2) is 29.6. The standard InChI is InChI=1S/C36H75N2O6P/c1-6-8-10-12-14-15-16-17-18-19-20-21-22-24-26-28-30-36(40)37-34(35(39)29-27-25-23-13-11-9-7-2)33-44-45(41,42)43-32-31-38(3,4)5/h34-35,39H,6-33H2,1-5H3,(H-,37,40,41,42)/p+1. The Morgan fingerprint density at radius 1 is 0.667 bits per heavy atom. The number of hydrogen-bond donors (Lipinski definition) is 3. The van der Waals surface area contributed by atoms with Crippen LogP contribution in [0.15, 0.2) is 0 Å². The molecule has 0 saturated carbocycles. The third-order valence-electron chi connectivity index (χ3n) is 8.61. The largest absolute Gasteiger partial charge is 0.472 e. The van der Waals surface area contributed by atoms with Crippen molar-refractivity contribution in [1.82, 2.24) is 5.32 Å². The summed E-state index contributed by atoms with van der Waals surface area (Å²) in [6, 6.07) is -0.749. The number of hydrogen-bond acceptors (Lipinski definition) is 5. The van der Waals surface area contributed by atoms with Crippen molar-refractivity contribution in [2.75, 3.05) is 40.9 Å². The molecule has 0 aliphatic carbocycles. The summed E-state index contributed by atoms with van der Waals surface area (Å²) >= 11 is 0. The summed E-state index contributed by atoms with van der Waals surface area (Å²) in [5.74, 6) is -0.147. The lowest BCUT2D eigenvalue weighted by Gasteiger charge is -2.26. The molecule has 3 unspecified atom stereocenters. The minimum absolute atomic E-state index is 0.0775. The lowest BCUT2D eigenvalue weighted by atomic mass is 10.0. The maximum absolute atomic E-state index is 12.7. The molecule has 0 radical (unpaired) electrons. The van der Waals surface area contributed by atoms with Crippen LogP contribution in [0, 0.1) is 0 Å². The van der Waals surface area contributed by atoms with E-state index in [1.54, 1.807) is 0 Å². The lowest BCUT2D eigenvalue weighted by molar-refractivity contribution is -0.870. The molecule has 3 atom stereocenters. The minimum Gasteiger partial charge on any atom is -0.391 e. The van der Waals surface area contributed by atoms with Gasteiger partial charge in [0.2, 0.25) is 5.91 Å². The van der Waals surface area contributed by atoms with Crippen LogP contribution in [0.5, 0.6) is 0 Å². The van der Waals surface area contributed by atoms with Crippen LogP contribution in [-0.4, -0.2) is 73.4 Å².